The molecule has 0 spiro atoms. The highest BCUT2D eigenvalue weighted by Gasteiger charge is 2.30. The minimum Gasteiger partial charge on any atom is -0.481 e. The second-order valence-corrected chi connectivity index (χ2v) is 3.29. The zero-order valence-electron chi connectivity index (χ0n) is 8.84. The molecule has 1 fully saturated rings. The van der Waals surface area contributed by atoms with Crippen molar-refractivity contribution in [3.05, 3.63) is 0 Å². The molecular formula is C9H13NO6. The van der Waals surface area contributed by atoms with Gasteiger partial charge in [-0.15, -0.1) is 0 Å². The van der Waals surface area contributed by atoms with Gasteiger partial charge in [0.2, 0.25) is 5.91 Å². The van der Waals surface area contributed by atoms with E-state index in [1.165, 1.54) is 12.0 Å². The SMILES string of the molecule is COC(=O)C1CN(C(=O)CC(=O)O)CCO1. The fourth-order valence-electron chi connectivity index (χ4n) is 1.39. The van der Waals surface area contributed by atoms with Crippen LogP contribution in [0.25, 0.3) is 0 Å². The molecule has 7 nitrogen and oxygen atoms in total. The van der Waals surface area contributed by atoms with E-state index >= 15 is 0 Å². The number of carbonyl (C=O) groups is 3. The number of ether oxygens (including phenoxy) is 2. The van der Waals surface area contributed by atoms with Gasteiger partial charge < -0.3 is 19.5 Å². The van der Waals surface area contributed by atoms with Crippen molar-refractivity contribution in [3.8, 4) is 0 Å². The Kier molecular flexibility index (Phi) is 4.24. The Labute approximate surface area is 91.9 Å². The van der Waals surface area contributed by atoms with Gasteiger partial charge in [-0.25, -0.2) is 4.79 Å². The van der Waals surface area contributed by atoms with E-state index in [9.17, 15) is 14.4 Å². The van der Waals surface area contributed by atoms with Gasteiger partial charge in [0.15, 0.2) is 6.10 Å². The number of carbonyl (C=O) groups excluding carboxylic acids is 2. The van der Waals surface area contributed by atoms with Crippen molar-refractivity contribution in [1.82, 2.24) is 4.90 Å². The zero-order valence-corrected chi connectivity index (χ0v) is 8.84. The predicted molar refractivity (Wildman–Crippen MR) is 50.6 cm³/mol. The second kappa shape index (κ2) is 5.45. The molecule has 0 saturated carbocycles. The Morgan fingerprint density at radius 1 is 1.50 bits per heavy atom. The van der Waals surface area contributed by atoms with E-state index in [-0.39, 0.29) is 13.2 Å². The van der Waals surface area contributed by atoms with E-state index < -0.39 is 30.4 Å². The van der Waals surface area contributed by atoms with Gasteiger partial charge in [-0.05, 0) is 0 Å². The number of aliphatic carboxylic acids is 1. The summed E-state index contributed by atoms with van der Waals surface area (Å²) in [6.07, 6.45) is -1.40. The lowest BCUT2D eigenvalue weighted by atomic mass is 10.2. The Morgan fingerprint density at radius 2 is 2.19 bits per heavy atom. The van der Waals surface area contributed by atoms with Gasteiger partial charge in [-0.1, -0.05) is 0 Å². The Bertz CT molecular complexity index is 302. The fraction of sp³-hybridized carbons (Fsp3) is 0.667. The molecule has 0 aliphatic carbocycles. The third-order valence-electron chi connectivity index (χ3n) is 2.19. The summed E-state index contributed by atoms with van der Waals surface area (Å²) < 4.78 is 9.58. The highest BCUT2D eigenvalue weighted by molar-refractivity contribution is 5.93. The summed E-state index contributed by atoms with van der Waals surface area (Å²) in [6, 6.07) is 0. The van der Waals surface area contributed by atoms with Gasteiger partial charge in [0.1, 0.15) is 6.42 Å². The molecule has 0 bridgehead atoms. The van der Waals surface area contributed by atoms with Crippen LogP contribution in [0.3, 0.4) is 0 Å². The number of carboxylic acid groups (broad SMARTS) is 1. The van der Waals surface area contributed by atoms with E-state index in [2.05, 4.69) is 4.74 Å². The minimum atomic E-state index is -1.19. The van der Waals surface area contributed by atoms with Gasteiger partial charge in [0.25, 0.3) is 0 Å². The molecular weight excluding hydrogens is 218 g/mol. The summed E-state index contributed by atoms with van der Waals surface area (Å²) in [4.78, 5) is 34.2. The number of hydrogen-bond donors (Lipinski definition) is 1. The standard InChI is InChI=1S/C9H13NO6/c1-15-9(14)6-5-10(2-3-16-6)7(11)4-8(12)13/h6H,2-5H2,1H3,(H,12,13). The van der Waals surface area contributed by atoms with Crippen LogP contribution in [0.4, 0.5) is 0 Å². The van der Waals surface area contributed by atoms with Crippen LogP contribution in [0.15, 0.2) is 0 Å². The molecule has 1 heterocycles. The van der Waals surface area contributed by atoms with Crippen molar-refractivity contribution < 1.29 is 29.0 Å². The molecule has 0 aromatic carbocycles. The molecule has 16 heavy (non-hydrogen) atoms. The summed E-state index contributed by atoms with van der Waals surface area (Å²) in [7, 11) is 1.23. The largest absolute Gasteiger partial charge is 0.481 e. The Balaban J connectivity index is 2.53. The third-order valence-corrected chi connectivity index (χ3v) is 2.19. The van der Waals surface area contributed by atoms with Crippen LogP contribution >= 0.6 is 0 Å². The molecule has 1 aliphatic heterocycles. The Morgan fingerprint density at radius 3 is 2.75 bits per heavy atom. The van der Waals surface area contributed by atoms with Gasteiger partial charge in [-0.2, -0.15) is 0 Å². The average Bonchev–Trinajstić information content (AvgIpc) is 2.27. The highest BCUT2D eigenvalue weighted by atomic mass is 16.6. The van der Waals surface area contributed by atoms with Crippen molar-refractivity contribution in [2.24, 2.45) is 0 Å². The van der Waals surface area contributed by atoms with Gasteiger partial charge in [0.05, 0.1) is 20.3 Å². The van der Waals surface area contributed by atoms with Crippen molar-refractivity contribution in [3.63, 3.8) is 0 Å². The molecule has 1 saturated heterocycles. The maximum Gasteiger partial charge on any atom is 0.336 e. The maximum absolute atomic E-state index is 11.4. The molecule has 0 radical (unpaired) electrons. The molecule has 1 atom stereocenters. The number of amides is 1. The zero-order chi connectivity index (χ0) is 12.1. The van der Waals surface area contributed by atoms with E-state index in [0.717, 1.165) is 0 Å². The fourth-order valence-corrected chi connectivity index (χ4v) is 1.39. The van der Waals surface area contributed by atoms with Crippen molar-refractivity contribution in [2.45, 2.75) is 12.5 Å². The Hall–Kier alpha value is -1.63. The molecule has 0 aromatic rings. The summed E-state index contributed by atoms with van der Waals surface area (Å²) in [6.45, 7) is 0.531. The first-order valence-electron chi connectivity index (χ1n) is 4.73. The van der Waals surface area contributed by atoms with Gasteiger partial charge in [-0.3, -0.25) is 9.59 Å². The van der Waals surface area contributed by atoms with Crippen LogP contribution in [0.1, 0.15) is 6.42 Å². The number of rotatable bonds is 3. The van der Waals surface area contributed by atoms with E-state index in [1.54, 1.807) is 0 Å². The first kappa shape index (κ1) is 12.4. The lowest BCUT2D eigenvalue weighted by molar-refractivity contribution is -0.163. The van der Waals surface area contributed by atoms with Crippen molar-refractivity contribution in [1.29, 1.82) is 0 Å². The third kappa shape index (κ3) is 3.20. The molecule has 1 unspecified atom stereocenters. The number of methoxy groups -OCH3 is 1. The second-order valence-electron chi connectivity index (χ2n) is 3.29. The molecule has 0 aromatic heterocycles. The normalized spacial score (nSPS) is 20.3. The summed E-state index contributed by atoms with van der Waals surface area (Å²) >= 11 is 0. The molecule has 1 N–H and O–H groups in total. The van der Waals surface area contributed by atoms with E-state index in [1.807, 2.05) is 0 Å². The maximum atomic E-state index is 11.4. The number of hydrogen-bond acceptors (Lipinski definition) is 5. The average molecular weight is 231 g/mol. The number of morpholine rings is 1. The van der Waals surface area contributed by atoms with Crippen LogP contribution in [0.2, 0.25) is 0 Å². The van der Waals surface area contributed by atoms with Crippen LogP contribution in [-0.4, -0.2) is 60.8 Å². The predicted octanol–water partition coefficient (Wildman–Crippen LogP) is -1.14. The summed E-state index contributed by atoms with van der Waals surface area (Å²) in [5, 5.41) is 8.47. The first-order chi connectivity index (χ1) is 7.54. The summed E-state index contributed by atoms with van der Waals surface area (Å²) in [5.74, 6) is -2.27. The van der Waals surface area contributed by atoms with Crippen LogP contribution in [0.5, 0.6) is 0 Å². The molecule has 1 rings (SSSR count). The molecule has 1 amide bonds. The quantitative estimate of drug-likeness (QED) is 0.487. The lowest BCUT2D eigenvalue weighted by Crippen LogP contribution is -2.49. The van der Waals surface area contributed by atoms with Crippen LogP contribution in [0, 0.1) is 0 Å². The van der Waals surface area contributed by atoms with Crippen LogP contribution in [-0.2, 0) is 23.9 Å². The minimum absolute atomic E-state index is 0.0405. The molecule has 7 heteroatoms. The van der Waals surface area contributed by atoms with E-state index in [4.69, 9.17) is 9.84 Å². The van der Waals surface area contributed by atoms with E-state index in [0.29, 0.717) is 6.54 Å². The number of nitrogens with zero attached hydrogens (tertiary/aromatic N) is 1. The highest BCUT2D eigenvalue weighted by Crippen LogP contribution is 2.08. The monoisotopic (exact) mass is 231 g/mol. The molecule has 1 aliphatic rings. The summed E-state index contributed by atoms with van der Waals surface area (Å²) in [5.41, 5.74) is 0. The first-order valence-corrected chi connectivity index (χ1v) is 4.73. The number of esters is 1. The smallest absolute Gasteiger partial charge is 0.336 e. The van der Waals surface area contributed by atoms with Crippen LogP contribution < -0.4 is 0 Å². The van der Waals surface area contributed by atoms with Crippen molar-refractivity contribution >= 4 is 17.8 Å². The van der Waals surface area contributed by atoms with Gasteiger partial charge in [0, 0.05) is 6.54 Å². The molecule has 90 valence electrons. The number of carboxylic acids is 1. The van der Waals surface area contributed by atoms with Gasteiger partial charge >= 0.3 is 11.9 Å². The lowest BCUT2D eigenvalue weighted by Gasteiger charge is -2.31. The van der Waals surface area contributed by atoms with Crippen molar-refractivity contribution in [2.75, 3.05) is 26.8 Å². The topological polar surface area (TPSA) is 93.1 Å².